The van der Waals surface area contributed by atoms with Crippen LogP contribution in [0.2, 0.25) is 0 Å². The lowest BCUT2D eigenvalue weighted by molar-refractivity contribution is -0.146. The lowest BCUT2D eigenvalue weighted by Crippen LogP contribution is -2.42. The number of hydrogen-bond donors (Lipinski definition) is 1. The van der Waals surface area contributed by atoms with Crippen molar-refractivity contribution in [1.29, 1.82) is 0 Å². The van der Waals surface area contributed by atoms with Crippen molar-refractivity contribution in [1.82, 2.24) is 10.3 Å². The minimum Gasteiger partial charge on any atom is -0.464 e. The first kappa shape index (κ1) is 27.2. The molecule has 188 valence electrons. The van der Waals surface area contributed by atoms with E-state index in [2.05, 4.69) is 10.3 Å². The third-order valence-electron chi connectivity index (χ3n) is 5.82. The van der Waals surface area contributed by atoms with Gasteiger partial charge in [-0.25, -0.2) is 4.79 Å². The van der Waals surface area contributed by atoms with Gasteiger partial charge < -0.3 is 10.1 Å². The Morgan fingerprint density at radius 2 is 1.86 bits per heavy atom. The molecule has 6 heteroatoms. The van der Waals surface area contributed by atoms with Crippen LogP contribution in [-0.4, -0.2) is 41.5 Å². The second kappa shape index (κ2) is 14.2. The van der Waals surface area contributed by atoms with Crippen molar-refractivity contribution < 1.29 is 14.3 Å². The SMILES string of the molecule is CCCCOC(=O)[C@H](CCSC)NC(=O)c1ccc(C=Cc2cccnc2)cc1-c1ccccc1C. The van der Waals surface area contributed by atoms with Crippen LogP contribution in [0.4, 0.5) is 0 Å². The van der Waals surface area contributed by atoms with E-state index in [0.717, 1.165) is 46.4 Å². The maximum absolute atomic E-state index is 13.5. The molecule has 1 atom stereocenters. The Labute approximate surface area is 218 Å². The zero-order chi connectivity index (χ0) is 25.8. The second-order valence-corrected chi connectivity index (χ2v) is 9.55. The molecule has 1 aromatic heterocycles. The fourth-order valence-electron chi connectivity index (χ4n) is 3.77. The van der Waals surface area contributed by atoms with E-state index in [4.69, 9.17) is 4.74 Å². The lowest BCUT2D eigenvalue weighted by Gasteiger charge is -2.19. The molecule has 0 radical (unpaired) electrons. The molecule has 0 unspecified atom stereocenters. The van der Waals surface area contributed by atoms with Gasteiger partial charge in [-0.1, -0.05) is 61.9 Å². The molecule has 5 nitrogen and oxygen atoms in total. The van der Waals surface area contributed by atoms with Crippen molar-refractivity contribution in [2.24, 2.45) is 0 Å². The van der Waals surface area contributed by atoms with Crippen LogP contribution in [0.15, 0.2) is 67.0 Å². The molecule has 1 amide bonds. The van der Waals surface area contributed by atoms with Gasteiger partial charge in [-0.15, -0.1) is 0 Å². The number of carbonyl (C=O) groups excluding carboxylic acids is 2. The molecule has 1 N–H and O–H groups in total. The summed E-state index contributed by atoms with van der Waals surface area (Å²) in [5.74, 6) is 0.0882. The molecule has 0 aliphatic rings. The third kappa shape index (κ3) is 7.82. The third-order valence-corrected chi connectivity index (χ3v) is 6.46. The van der Waals surface area contributed by atoms with Crippen LogP contribution in [-0.2, 0) is 9.53 Å². The average molecular weight is 503 g/mol. The number of aryl methyl sites for hydroxylation is 1. The number of nitrogens with one attached hydrogen (secondary N) is 1. The van der Waals surface area contributed by atoms with Crippen molar-refractivity contribution in [3.05, 3.63) is 89.2 Å². The molecule has 0 fully saturated rings. The van der Waals surface area contributed by atoms with Gasteiger partial charge in [0.2, 0.25) is 0 Å². The van der Waals surface area contributed by atoms with Crippen LogP contribution in [0.3, 0.4) is 0 Å². The van der Waals surface area contributed by atoms with Gasteiger partial charge in [0.1, 0.15) is 6.04 Å². The summed E-state index contributed by atoms with van der Waals surface area (Å²) in [6.45, 7) is 4.44. The fourth-order valence-corrected chi connectivity index (χ4v) is 4.24. The zero-order valence-electron chi connectivity index (χ0n) is 21.2. The molecule has 0 spiro atoms. The van der Waals surface area contributed by atoms with Gasteiger partial charge in [0, 0.05) is 18.0 Å². The molecule has 1 heterocycles. The largest absolute Gasteiger partial charge is 0.464 e. The van der Waals surface area contributed by atoms with E-state index >= 15 is 0 Å². The van der Waals surface area contributed by atoms with Crippen molar-refractivity contribution >= 4 is 35.8 Å². The van der Waals surface area contributed by atoms with Gasteiger partial charge in [0.25, 0.3) is 5.91 Å². The van der Waals surface area contributed by atoms with Crippen LogP contribution >= 0.6 is 11.8 Å². The predicted molar refractivity (Wildman–Crippen MR) is 150 cm³/mol. The maximum Gasteiger partial charge on any atom is 0.328 e. The standard InChI is InChI=1S/C30H34N2O3S/c1-4-5-18-35-30(34)28(16-19-36-3)32-29(33)26-15-14-23(12-13-24-10-8-17-31-21-24)20-27(26)25-11-7-6-9-22(25)2/h6-15,17,20-21,28H,4-5,16,18-19H2,1-3H3,(H,32,33)/t28-/m0/s1. The Morgan fingerprint density at radius 3 is 2.58 bits per heavy atom. The zero-order valence-corrected chi connectivity index (χ0v) is 22.0. The second-order valence-electron chi connectivity index (χ2n) is 8.57. The molecule has 0 saturated heterocycles. The summed E-state index contributed by atoms with van der Waals surface area (Å²) in [6, 6.07) is 17.0. The Bertz CT molecular complexity index is 1180. The number of esters is 1. The van der Waals surface area contributed by atoms with Crippen molar-refractivity contribution in [2.45, 2.75) is 39.2 Å². The Kier molecular flexibility index (Phi) is 10.8. The first-order valence-corrected chi connectivity index (χ1v) is 13.7. The highest BCUT2D eigenvalue weighted by molar-refractivity contribution is 7.98. The Hall–Kier alpha value is -3.38. The molecule has 2 aromatic carbocycles. The van der Waals surface area contributed by atoms with Crippen LogP contribution in [0.5, 0.6) is 0 Å². The number of thioether (sulfide) groups is 1. The number of nitrogens with zero attached hydrogens (tertiary/aromatic N) is 1. The van der Waals surface area contributed by atoms with Crippen LogP contribution in [0.1, 0.15) is 53.2 Å². The normalized spacial score (nSPS) is 11.9. The summed E-state index contributed by atoms with van der Waals surface area (Å²) in [4.78, 5) is 30.4. The number of benzene rings is 2. The number of unbranched alkanes of at least 4 members (excludes halogenated alkanes) is 1. The summed E-state index contributed by atoms with van der Waals surface area (Å²) in [6.07, 6.45) is 11.8. The summed E-state index contributed by atoms with van der Waals surface area (Å²) in [5, 5.41) is 2.95. The molecule has 0 aliphatic heterocycles. The van der Waals surface area contributed by atoms with E-state index in [1.165, 1.54) is 0 Å². The monoisotopic (exact) mass is 502 g/mol. The van der Waals surface area contributed by atoms with Crippen LogP contribution in [0, 0.1) is 6.92 Å². The molecular weight excluding hydrogens is 468 g/mol. The number of pyridine rings is 1. The highest BCUT2D eigenvalue weighted by Crippen LogP contribution is 2.29. The molecule has 0 aliphatic carbocycles. The van der Waals surface area contributed by atoms with Gasteiger partial charge in [-0.2, -0.15) is 11.8 Å². The molecule has 0 saturated carbocycles. The highest BCUT2D eigenvalue weighted by atomic mass is 32.2. The number of rotatable bonds is 12. The summed E-state index contributed by atoms with van der Waals surface area (Å²) in [7, 11) is 0. The lowest BCUT2D eigenvalue weighted by atomic mass is 9.93. The summed E-state index contributed by atoms with van der Waals surface area (Å²) >= 11 is 1.64. The minimum atomic E-state index is -0.684. The first-order chi connectivity index (χ1) is 17.5. The Balaban J connectivity index is 1.92. The van der Waals surface area contributed by atoms with E-state index in [9.17, 15) is 9.59 Å². The Morgan fingerprint density at radius 1 is 1.06 bits per heavy atom. The summed E-state index contributed by atoms with van der Waals surface area (Å²) in [5.41, 5.74) is 5.35. The van der Waals surface area contributed by atoms with Crippen molar-refractivity contribution in [3.8, 4) is 11.1 Å². The topological polar surface area (TPSA) is 68.3 Å². The first-order valence-electron chi connectivity index (χ1n) is 12.3. The summed E-state index contributed by atoms with van der Waals surface area (Å²) < 4.78 is 5.43. The van der Waals surface area contributed by atoms with Gasteiger partial charge in [-0.3, -0.25) is 9.78 Å². The van der Waals surface area contributed by atoms with E-state index in [1.54, 1.807) is 24.2 Å². The van der Waals surface area contributed by atoms with Gasteiger partial charge in [0.05, 0.1) is 6.61 Å². The van der Waals surface area contributed by atoms with E-state index in [0.29, 0.717) is 18.6 Å². The van der Waals surface area contributed by atoms with Gasteiger partial charge >= 0.3 is 5.97 Å². The smallest absolute Gasteiger partial charge is 0.328 e. The molecular formula is C30H34N2O3S. The van der Waals surface area contributed by atoms with E-state index < -0.39 is 6.04 Å². The van der Waals surface area contributed by atoms with Gasteiger partial charge in [0.15, 0.2) is 0 Å². The van der Waals surface area contributed by atoms with Crippen molar-refractivity contribution in [2.75, 3.05) is 18.6 Å². The van der Waals surface area contributed by atoms with E-state index in [1.807, 2.05) is 86.9 Å². The van der Waals surface area contributed by atoms with Crippen LogP contribution in [0.25, 0.3) is 23.3 Å². The average Bonchev–Trinajstić information content (AvgIpc) is 2.90. The molecule has 0 bridgehead atoms. The highest BCUT2D eigenvalue weighted by Gasteiger charge is 2.24. The van der Waals surface area contributed by atoms with Crippen LogP contribution < -0.4 is 5.32 Å². The molecule has 3 rings (SSSR count). The number of hydrogen-bond acceptors (Lipinski definition) is 5. The predicted octanol–water partition coefficient (Wildman–Crippen LogP) is 6.42. The fraction of sp³-hybridized carbons (Fsp3) is 0.300. The number of amides is 1. The molecule has 36 heavy (non-hydrogen) atoms. The van der Waals surface area contributed by atoms with Crippen molar-refractivity contribution in [3.63, 3.8) is 0 Å². The number of ether oxygens (including phenoxy) is 1. The molecule has 3 aromatic rings. The minimum absolute atomic E-state index is 0.283. The maximum atomic E-state index is 13.5. The number of carbonyl (C=O) groups is 2. The quantitative estimate of drug-likeness (QED) is 0.229. The number of aromatic nitrogens is 1. The van der Waals surface area contributed by atoms with Gasteiger partial charge in [-0.05, 0) is 77.8 Å². The van der Waals surface area contributed by atoms with E-state index in [-0.39, 0.29) is 11.9 Å².